The fourth-order valence-corrected chi connectivity index (χ4v) is 2.63. The Kier molecular flexibility index (Phi) is 5.42. The number of para-hydroxylation sites is 2. The maximum Gasteiger partial charge on any atom is 0.0594 e. The zero-order chi connectivity index (χ0) is 15.0. The average Bonchev–Trinajstić information content (AvgIpc) is 2.61. The molecular formula is C18H23N3O. The number of benzene rings is 2. The summed E-state index contributed by atoms with van der Waals surface area (Å²) in [6.07, 6.45) is 0. The molecule has 1 saturated heterocycles. The molecule has 0 bridgehead atoms. The molecule has 0 radical (unpaired) electrons. The summed E-state index contributed by atoms with van der Waals surface area (Å²) in [5.74, 6) is 0. The second-order valence-corrected chi connectivity index (χ2v) is 5.37. The summed E-state index contributed by atoms with van der Waals surface area (Å²) >= 11 is 0. The number of hydrazine groups is 1. The van der Waals surface area contributed by atoms with E-state index < -0.39 is 0 Å². The van der Waals surface area contributed by atoms with E-state index in [-0.39, 0.29) is 0 Å². The summed E-state index contributed by atoms with van der Waals surface area (Å²) in [5.41, 5.74) is 5.85. The molecule has 3 rings (SSSR count). The van der Waals surface area contributed by atoms with Crippen molar-refractivity contribution in [3.8, 4) is 0 Å². The maximum absolute atomic E-state index is 5.39. The van der Waals surface area contributed by atoms with Gasteiger partial charge in [-0.1, -0.05) is 36.4 Å². The van der Waals surface area contributed by atoms with Crippen molar-refractivity contribution in [1.29, 1.82) is 0 Å². The van der Waals surface area contributed by atoms with Crippen LogP contribution in [0.3, 0.4) is 0 Å². The first-order valence-electron chi connectivity index (χ1n) is 7.87. The summed E-state index contributed by atoms with van der Waals surface area (Å²) in [6, 6.07) is 20.8. The molecule has 1 N–H and O–H groups in total. The number of nitrogens with one attached hydrogen (secondary N) is 1. The molecule has 0 amide bonds. The van der Waals surface area contributed by atoms with Crippen molar-refractivity contribution in [1.82, 2.24) is 10.3 Å². The highest BCUT2D eigenvalue weighted by molar-refractivity contribution is 5.61. The van der Waals surface area contributed by atoms with Crippen LogP contribution >= 0.6 is 0 Å². The smallest absolute Gasteiger partial charge is 0.0594 e. The number of anilines is 2. The topological polar surface area (TPSA) is 27.7 Å². The second-order valence-electron chi connectivity index (χ2n) is 5.37. The highest BCUT2D eigenvalue weighted by Crippen LogP contribution is 2.22. The lowest BCUT2D eigenvalue weighted by atomic mass is 10.2. The maximum atomic E-state index is 5.39. The molecule has 1 heterocycles. The highest BCUT2D eigenvalue weighted by atomic mass is 16.5. The van der Waals surface area contributed by atoms with Crippen molar-refractivity contribution in [3.63, 3.8) is 0 Å². The lowest BCUT2D eigenvalue weighted by molar-refractivity contribution is 0.0384. The molecule has 0 atom stereocenters. The first kappa shape index (κ1) is 15.0. The van der Waals surface area contributed by atoms with Gasteiger partial charge in [0.15, 0.2) is 0 Å². The van der Waals surface area contributed by atoms with Gasteiger partial charge in [0.1, 0.15) is 0 Å². The molecule has 0 saturated carbocycles. The number of rotatable bonds is 6. The number of morpholine rings is 1. The van der Waals surface area contributed by atoms with Gasteiger partial charge in [0.25, 0.3) is 0 Å². The summed E-state index contributed by atoms with van der Waals surface area (Å²) in [4.78, 5) is 2.44. The van der Waals surface area contributed by atoms with Crippen molar-refractivity contribution < 1.29 is 4.74 Å². The van der Waals surface area contributed by atoms with Crippen LogP contribution < -0.4 is 10.4 Å². The van der Waals surface area contributed by atoms with E-state index >= 15 is 0 Å². The first-order chi connectivity index (χ1) is 10.9. The zero-order valence-electron chi connectivity index (χ0n) is 12.8. The zero-order valence-corrected chi connectivity index (χ0v) is 12.8. The molecule has 116 valence electrons. The van der Waals surface area contributed by atoms with Crippen molar-refractivity contribution in [2.75, 3.05) is 44.4 Å². The van der Waals surface area contributed by atoms with Crippen molar-refractivity contribution in [2.45, 2.75) is 0 Å². The molecule has 0 unspecified atom stereocenters. The fourth-order valence-electron chi connectivity index (χ4n) is 2.63. The molecule has 0 aliphatic carbocycles. The summed E-state index contributed by atoms with van der Waals surface area (Å²) in [6.45, 7) is 5.68. The molecule has 0 aromatic heterocycles. The molecule has 4 heteroatoms. The minimum absolute atomic E-state index is 0.848. The monoisotopic (exact) mass is 297 g/mol. The van der Waals surface area contributed by atoms with Crippen LogP contribution in [0.25, 0.3) is 0 Å². The third kappa shape index (κ3) is 4.07. The van der Waals surface area contributed by atoms with Crippen LogP contribution in [0.1, 0.15) is 0 Å². The van der Waals surface area contributed by atoms with Gasteiger partial charge in [-0.05, 0) is 24.3 Å². The van der Waals surface area contributed by atoms with Crippen LogP contribution in [0.4, 0.5) is 11.4 Å². The number of ether oxygens (including phenoxy) is 1. The predicted molar refractivity (Wildman–Crippen MR) is 90.3 cm³/mol. The Hall–Kier alpha value is -1.88. The second kappa shape index (κ2) is 7.94. The fraction of sp³-hybridized carbons (Fsp3) is 0.333. The predicted octanol–water partition coefficient (Wildman–Crippen LogP) is 2.66. The van der Waals surface area contributed by atoms with Crippen LogP contribution in [-0.2, 0) is 4.74 Å². The standard InChI is InChI=1S/C18H23N3O/c1-3-7-17(8-4-1)21(18-9-5-2-6-10-18)19-11-12-20-13-15-22-16-14-20/h1-10,19H,11-16H2. The van der Waals surface area contributed by atoms with E-state index in [1.807, 2.05) is 12.1 Å². The van der Waals surface area contributed by atoms with Crippen molar-refractivity contribution in [2.24, 2.45) is 0 Å². The molecule has 4 nitrogen and oxygen atoms in total. The summed E-state index contributed by atoms with van der Waals surface area (Å²) in [7, 11) is 0. The van der Waals surface area contributed by atoms with E-state index in [9.17, 15) is 0 Å². The normalized spacial score (nSPS) is 15.6. The first-order valence-corrected chi connectivity index (χ1v) is 7.87. The van der Waals surface area contributed by atoms with Gasteiger partial charge in [-0.15, -0.1) is 0 Å². The largest absolute Gasteiger partial charge is 0.379 e. The van der Waals surface area contributed by atoms with Crippen molar-refractivity contribution >= 4 is 11.4 Å². The molecular weight excluding hydrogens is 274 g/mol. The Morgan fingerprint density at radius 3 is 1.95 bits per heavy atom. The molecule has 1 fully saturated rings. The van der Waals surface area contributed by atoms with Gasteiger partial charge in [0, 0.05) is 26.2 Å². The summed E-state index contributed by atoms with van der Waals surface area (Å²) in [5, 5.41) is 2.15. The minimum Gasteiger partial charge on any atom is -0.379 e. The van der Waals surface area contributed by atoms with Crippen molar-refractivity contribution in [3.05, 3.63) is 60.7 Å². The van der Waals surface area contributed by atoms with Crippen LogP contribution in [0.15, 0.2) is 60.7 Å². The van der Waals surface area contributed by atoms with Gasteiger partial charge in [0.05, 0.1) is 24.6 Å². The Morgan fingerprint density at radius 2 is 1.41 bits per heavy atom. The van der Waals surface area contributed by atoms with Crippen LogP contribution in [-0.4, -0.2) is 44.3 Å². The van der Waals surface area contributed by atoms with Gasteiger partial charge in [-0.25, -0.2) is 5.43 Å². The Labute approximate surface area is 132 Å². The lowest BCUT2D eigenvalue weighted by Crippen LogP contribution is -2.43. The van der Waals surface area contributed by atoms with E-state index in [1.54, 1.807) is 0 Å². The third-order valence-electron chi connectivity index (χ3n) is 3.83. The summed E-state index contributed by atoms with van der Waals surface area (Å²) < 4.78 is 5.39. The van der Waals surface area contributed by atoms with Crippen LogP contribution in [0, 0.1) is 0 Å². The quantitative estimate of drug-likeness (QED) is 0.830. The SMILES string of the molecule is c1ccc(N(NCCN2CCOCC2)c2ccccc2)cc1. The van der Waals surface area contributed by atoms with Gasteiger partial charge in [-0.2, -0.15) is 0 Å². The van der Waals surface area contributed by atoms with Gasteiger partial charge >= 0.3 is 0 Å². The van der Waals surface area contributed by atoms with E-state index in [0.717, 1.165) is 50.8 Å². The molecule has 1 aliphatic heterocycles. The van der Waals surface area contributed by atoms with E-state index in [2.05, 4.69) is 63.9 Å². The molecule has 22 heavy (non-hydrogen) atoms. The third-order valence-corrected chi connectivity index (χ3v) is 3.83. The number of hydrogen-bond donors (Lipinski definition) is 1. The van der Waals surface area contributed by atoms with E-state index in [1.165, 1.54) is 0 Å². The van der Waals surface area contributed by atoms with E-state index in [0.29, 0.717) is 0 Å². The Balaban J connectivity index is 1.64. The molecule has 1 aliphatic rings. The van der Waals surface area contributed by atoms with Gasteiger partial charge < -0.3 is 4.74 Å². The number of hydrogen-bond acceptors (Lipinski definition) is 4. The Morgan fingerprint density at radius 1 is 0.864 bits per heavy atom. The molecule has 2 aromatic carbocycles. The Bertz CT molecular complexity index is 501. The molecule has 2 aromatic rings. The average molecular weight is 297 g/mol. The van der Waals surface area contributed by atoms with Crippen LogP contribution in [0.2, 0.25) is 0 Å². The van der Waals surface area contributed by atoms with Gasteiger partial charge in [-0.3, -0.25) is 9.91 Å². The molecule has 0 spiro atoms. The highest BCUT2D eigenvalue weighted by Gasteiger charge is 2.12. The van der Waals surface area contributed by atoms with E-state index in [4.69, 9.17) is 4.74 Å². The van der Waals surface area contributed by atoms with Crippen LogP contribution in [0.5, 0.6) is 0 Å². The minimum atomic E-state index is 0.848. The number of nitrogens with zero attached hydrogens (tertiary/aromatic N) is 2. The van der Waals surface area contributed by atoms with Gasteiger partial charge in [0.2, 0.25) is 0 Å². The lowest BCUT2D eigenvalue weighted by Gasteiger charge is -2.30.